The summed E-state index contributed by atoms with van der Waals surface area (Å²) in [5.41, 5.74) is 5.06. The smallest absolute Gasteiger partial charge is 0.251 e. The molecule has 1 heterocycles. The Balaban J connectivity index is 2.90. The highest BCUT2D eigenvalue weighted by molar-refractivity contribution is 7.90. The van der Waals surface area contributed by atoms with Crippen LogP contribution in [0.3, 0.4) is 0 Å². The topological polar surface area (TPSA) is 89.3 Å². The largest absolute Gasteiger partial charge is 0.319 e. The lowest BCUT2D eigenvalue weighted by atomic mass is 10.4. The Hall–Kier alpha value is -0.620. The van der Waals surface area contributed by atoms with Crippen molar-refractivity contribution in [1.82, 2.24) is 4.72 Å². The minimum atomic E-state index is -3.37. The van der Waals surface area contributed by atoms with Crippen molar-refractivity contribution < 1.29 is 13.2 Å². The molecule has 1 aliphatic rings. The SMILES string of the molecule is N[C@H]1CS(=O)(=O)NC1=O. The lowest BCUT2D eigenvalue weighted by molar-refractivity contribution is -0.119. The molecule has 0 spiro atoms. The number of carbonyl (C=O) groups excluding carboxylic acids is 1. The molecule has 1 fully saturated rings. The first-order valence-corrected chi connectivity index (χ1v) is 3.96. The van der Waals surface area contributed by atoms with Crippen LogP contribution in [-0.2, 0) is 14.8 Å². The third-order valence-corrected chi connectivity index (χ3v) is 2.30. The predicted octanol–water partition coefficient (Wildman–Crippen LogP) is -2.23. The minimum Gasteiger partial charge on any atom is -0.319 e. The van der Waals surface area contributed by atoms with Crippen molar-refractivity contribution in [2.45, 2.75) is 6.04 Å². The first kappa shape index (κ1) is 6.50. The van der Waals surface area contributed by atoms with Gasteiger partial charge in [0.05, 0.1) is 5.75 Å². The highest BCUT2D eigenvalue weighted by atomic mass is 32.2. The molecule has 0 bridgehead atoms. The second-order valence-electron chi connectivity index (χ2n) is 1.85. The second kappa shape index (κ2) is 1.68. The summed E-state index contributed by atoms with van der Waals surface area (Å²) in [6, 6.07) is -0.880. The van der Waals surface area contributed by atoms with Gasteiger partial charge < -0.3 is 5.73 Å². The first-order chi connectivity index (χ1) is 4.01. The third kappa shape index (κ3) is 1.19. The zero-order valence-electron chi connectivity index (χ0n) is 4.49. The van der Waals surface area contributed by atoms with E-state index >= 15 is 0 Å². The van der Waals surface area contributed by atoms with Gasteiger partial charge in [-0.1, -0.05) is 0 Å². The number of carbonyl (C=O) groups is 1. The van der Waals surface area contributed by atoms with Crippen LogP contribution in [0.15, 0.2) is 0 Å². The number of nitrogens with two attached hydrogens (primary N) is 1. The summed E-state index contributed by atoms with van der Waals surface area (Å²) in [5.74, 6) is -0.902. The lowest BCUT2D eigenvalue weighted by Crippen LogP contribution is -2.31. The Morgan fingerprint density at radius 3 is 2.33 bits per heavy atom. The van der Waals surface area contributed by atoms with Crippen LogP contribution in [0.2, 0.25) is 0 Å². The van der Waals surface area contributed by atoms with Gasteiger partial charge in [-0.25, -0.2) is 8.42 Å². The van der Waals surface area contributed by atoms with Gasteiger partial charge in [-0.2, -0.15) is 0 Å². The van der Waals surface area contributed by atoms with Crippen molar-refractivity contribution in [3.63, 3.8) is 0 Å². The molecule has 1 aliphatic heterocycles. The molecule has 0 unspecified atom stereocenters. The standard InChI is InChI=1S/C3H6N2O3S/c4-2-1-9(7,8)5-3(2)6/h2H,1,4H2,(H,5,6)/t2-/m0/s1. The zero-order valence-corrected chi connectivity index (χ0v) is 5.31. The van der Waals surface area contributed by atoms with Crippen LogP contribution in [0.25, 0.3) is 0 Å². The maximum Gasteiger partial charge on any atom is 0.251 e. The van der Waals surface area contributed by atoms with Crippen LogP contribution in [-0.4, -0.2) is 26.1 Å². The molecule has 0 aliphatic carbocycles. The average molecular weight is 150 g/mol. The Kier molecular flexibility index (Phi) is 1.21. The van der Waals surface area contributed by atoms with Gasteiger partial charge in [0.15, 0.2) is 0 Å². The molecule has 0 aromatic carbocycles. The van der Waals surface area contributed by atoms with Gasteiger partial charge in [-0.05, 0) is 0 Å². The fraction of sp³-hybridized carbons (Fsp3) is 0.667. The number of hydrogen-bond acceptors (Lipinski definition) is 4. The molecule has 0 saturated carbocycles. The van der Waals surface area contributed by atoms with E-state index in [9.17, 15) is 13.2 Å². The lowest BCUT2D eigenvalue weighted by Gasteiger charge is -1.88. The van der Waals surface area contributed by atoms with Crippen molar-refractivity contribution in [2.75, 3.05) is 5.75 Å². The van der Waals surface area contributed by atoms with Gasteiger partial charge in [-0.15, -0.1) is 0 Å². The highest BCUT2D eigenvalue weighted by Gasteiger charge is 2.31. The predicted molar refractivity (Wildman–Crippen MR) is 29.9 cm³/mol. The molecule has 5 nitrogen and oxygen atoms in total. The molecule has 0 aromatic heterocycles. The van der Waals surface area contributed by atoms with E-state index in [0.29, 0.717) is 0 Å². The maximum atomic E-state index is 10.4. The summed E-state index contributed by atoms with van der Waals surface area (Å²) >= 11 is 0. The minimum absolute atomic E-state index is 0.286. The first-order valence-electron chi connectivity index (χ1n) is 2.31. The molecule has 1 rings (SSSR count). The van der Waals surface area contributed by atoms with E-state index in [1.54, 1.807) is 4.72 Å². The van der Waals surface area contributed by atoms with E-state index in [1.807, 2.05) is 0 Å². The van der Waals surface area contributed by atoms with Gasteiger partial charge in [0.2, 0.25) is 10.0 Å². The molecule has 9 heavy (non-hydrogen) atoms. The maximum absolute atomic E-state index is 10.4. The van der Waals surface area contributed by atoms with E-state index in [4.69, 9.17) is 5.73 Å². The summed E-state index contributed by atoms with van der Waals surface area (Å²) in [7, 11) is -3.37. The Bertz CT molecular complexity index is 231. The summed E-state index contributed by atoms with van der Waals surface area (Å²) in [5, 5.41) is 0. The summed E-state index contributed by atoms with van der Waals surface area (Å²) in [4.78, 5) is 10.4. The molecule has 1 atom stereocenters. The van der Waals surface area contributed by atoms with E-state index in [-0.39, 0.29) is 5.75 Å². The van der Waals surface area contributed by atoms with Crippen LogP contribution in [0.1, 0.15) is 0 Å². The number of sulfonamides is 1. The van der Waals surface area contributed by atoms with Crippen molar-refractivity contribution in [3.8, 4) is 0 Å². The van der Waals surface area contributed by atoms with E-state index in [0.717, 1.165) is 0 Å². The van der Waals surface area contributed by atoms with Crippen LogP contribution in [0, 0.1) is 0 Å². The van der Waals surface area contributed by atoms with Gasteiger partial charge in [-0.3, -0.25) is 9.52 Å². The van der Waals surface area contributed by atoms with Crippen LogP contribution >= 0.6 is 0 Å². The van der Waals surface area contributed by atoms with Crippen LogP contribution in [0.5, 0.6) is 0 Å². The molecule has 3 N–H and O–H groups in total. The normalized spacial score (nSPS) is 32.1. The molecule has 6 heteroatoms. The van der Waals surface area contributed by atoms with Gasteiger partial charge in [0.25, 0.3) is 5.91 Å². The van der Waals surface area contributed by atoms with Gasteiger partial charge in [0.1, 0.15) is 6.04 Å². The number of hydrogen-bond donors (Lipinski definition) is 2. The molecule has 0 radical (unpaired) electrons. The third-order valence-electron chi connectivity index (χ3n) is 0.992. The molecule has 1 amide bonds. The Morgan fingerprint density at radius 2 is 2.22 bits per heavy atom. The summed E-state index contributed by atoms with van der Waals surface area (Å²) in [6.45, 7) is 0. The monoisotopic (exact) mass is 150 g/mol. The molecular formula is C3H6N2O3S. The van der Waals surface area contributed by atoms with E-state index in [1.165, 1.54) is 0 Å². The van der Waals surface area contributed by atoms with E-state index < -0.39 is 22.0 Å². The van der Waals surface area contributed by atoms with E-state index in [2.05, 4.69) is 0 Å². The van der Waals surface area contributed by atoms with Crippen LogP contribution < -0.4 is 10.5 Å². The summed E-state index contributed by atoms with van der Waals surface area (Å²) in [6.07, 6.45) is 0. The molecule has 1 saturated heterocycles. The Labute approximate surface area is 52.3 Å². The van der Waals surface area contributed by atoms with Crippen molar-refractivity contribution in [2.24, 2.45) is 5.73 Å². The fourth-order valence-corrected chi connectivity index (χ4v) is 1.75. The van der Waals surface area contributed by atoms with Crippen molar-refractivity contribution in [3.05, 3.63) is 0 Å². The zero-order chi connectivity index (χ0) is 7.07. The number of amides is 1. The highest BCUT2D eigenvalue weighted by Crippen LogP contribution is 1.97. The second-order valence-corrected chi connectivity index (χ2v) is 3.62. The Morgan fingerprint density at radius 1 is 1.67 bits per heavy atom. The van der Waals surface area contributed by atoms with Crippen molar-refractivity contribution in [1.29, 1.82) is 0 Å². The summed E-state index contributed by atoms with van der Waals surface area (Å²) < 4.78 is 22.6. The number of nitrogens with one attached hydrogen (secondary N) is 1. The molecule has 52 valence electrons. The van der Waals surface area contributed by atoms with Crippen LogP contribution in [0.4, 0.5) is 0 Å². The quantitative estimate of drug-likeness (QED) is 0.409. The van der Waals surface area contributed by atoms with Gasteiger partial charge >= 0.3 is 0 Å². The molecule has 0 aromatic rings. The average Bonchev–Trinajstić information content (AvgIpc) is 1.79. The number of rotatable bonds is 0. The van der Waals surface area contributed by atoms with Crippen molar-refractivity contribution >= 4 is 15.9 Å². The fourth-order valence-electron chi connectivity index (χ4n) is 0.583. The van der Waals surface area contributed by atoms with Gasteiger partial charge in [0, 0.05) is 0 Å². The molecular weight excluding hydrogens is 144 g/mol.